The lowest BCUT2D eigenvalue weighted by Crippen LogP contribution is -2.37. The SMILES string of the molecule is CC(Oc1ccccc1CN1C(=O)CSC1=O)N(Cc1ccccc1)c1nc2ccccc2s1. The van der Waals surface area contributed by atoms with Crippen molar-refractivity contribution in [2.45, 2.75) is 26.2 Å². The number of carbonyl (C=O) groups excluding carboxylic acids is 2. The summed E-state index contributed by atoms with van der Waals surface area (Å²) in [5, 5.41) is 0.657. The highest BCUT2D eigenvalue weighted by Crippen LogP contribution is 2.32. The molecular formula is C26H23N3O3S2. The van der Waals surface area contributed by atoms with Gasteiger partial charge in [0.15, 0.2) is 11.4 Å². The number of rotatable bonds is 8. The van der Waals surface area contributed by atoms with Gasteiger partial charge in [0.1, 0.15) is 5.75 Å². The van der Waals surface area contributed by atoms with E-state index in [0.29, 0.717) is 12.3 Å². The standard InChI is InChI=1S/C26H23N3O3S2/c1-18(32-22-13-7-5-11-20(22)16-29-24(30)17-33-26(29)31)28(15-19-9-3-2-4-10-19)25-27-21-12-6-8-14-23(21)34-25/h2-14,18H,15-17H2,1H3. The van der Waals surface area contributed by atoms with Gasteiger partial charge in [-0.2, -0.15) is 0 Å². The van der Waals surface area contributed by atoms with Crippen LogP contribution in [-0.2, 0) is 17.9 Å². The van der Waals surface area contributed by atoms with E-state index < -0.39 is 0 Å². The molecule has 0 saturated carbocycles. The topological polar surface area (TPSA) is 62.7 Å². The van der Waals surface area contributed by atoms with Crippen LogP contribution in [0, 0.1) is 0 Å². The van der Waals surface area contributed by atoms with Crippen LogP contribution >= 0.6 is 23.1 Å². The van der Waals surface area contributed by atoms with E-state index in [1.54, 1.807) is 11.3 Å². The molecule has 0 spiro atoms. The summed E-state index contributed by atoms with van der Waals surface area (Å²) >= 11 is 2.67. The number of thiazole rings is 1. The summed E-state index contributed by atoms with van der Waals surface area (Å²) in [6.45, 7) is 2.82. The molecule has 172 valence electrons. The zero-order valence-electron chi connectivity index (χ0n) is 18.6. The van der Waals surface area contributed by atoms with E-state index in [-0.39, 0.29) is 29.7 Å². The van der Waals surface area contributed by atoms with E-state index in [1.807, 2.05) is 67.6 Å². The van der Waals surface area contributed by atoms with Crippen LogP contribution in [0.5, 0.6) is 5.75 Å². The normalized spacial score (nSPS) is 14.6. The second kappa shape index (κ2) is 9.87. The minimum Gasteiger partial charge on any atom is -0.470 e. The molecule has 1 aliphatic heterocycles. The lowest BCUT2D eigenvalue weighted by molar-refractivity contribution is -0.125. The Labute approximate surface area is 206 Å². The van der Waals surface area contributed by atoms with Gasteiger partial charge in [-0.3, -0.25) is 14.5 Å². The summed E-state index contributed by atoms with van der Waals surface area (Å²) in [5.74, 6) is 0.672. The van der Waals surface area contributed by atoms with Crippen molar-refractivity contribution in [1.82, 2.24) is 9.88 Å². The van der Waals surface area contributed by atoms with Crippen LogP contribution < -0.4 is 9.64 Å². The summed E-state index contributed by atoms with van der Waals surface area (Å²) in [5.41, 5.74) is 2.90. The Bertz CT molecular complexity index is 1280. The maximum atomic E-state index is 12.1. The smallest absolute Gasteiger partial charge is 0.289 e. The van der Waals surface area contributed by atoms with Gasteiger partial charge in [-0.15, -0.1) is 0 Å². The third-order valence-corrected chi connectivity index (χ3v) is 7.53. The Morgan fingerprint density at radius 2 is 1.74 bits per heavy atom. The molecular weight excluding hydrogens is 466 g/mol. The van der Waals surface area contributed by atoms with Crippen LogP contribution in [0.25, 0.3) is 10.2 Å². The lowest BCUT2D eigenvalue weighted by atomic mass is 10.2. The molecule has 0 bridgehead atoms. The highest BCUT2D eigenvalue weighted by molar-refractivity contribution is 8.14. The fraction of sp³-hybridized carbons (Fsp3) is 0.192. The molecule has 5 rings (SSSR count). The number of anilines is 1. The van der Waals surface area contributed by atoms with Gasteiger partial charge in [-0.05, 0) is 30.7 Å². The van der Waals surface area contributed by atoms with Crippen molar-refractivity contribution in [2.75, 3.05) is 10.7 Å². The number of hydrogen-bond acceptors (Lipinski definition) is 7. The average Bonchev–Trinajstić information content (AvgIpc) is 3.42. The first kappa shape index (κ1) is 22.4. The van der Waals surface area contributed by atoms with Crippen molar-refractivity contribution in [3.63, 3.8) is 0 Å². The number of nitrogens with zero attached hydrogens (tertiary/aromatic N) is 3. The molecule has 1 aliphatic rings. The van der Waals surface area contributed by atoms with E-state index in [9.17, 15) is 9.59 Å². The van der Waals surface area contributed by atoms with E-state index in [4.69, 9.17) is 9.72 Å². The molecule has 0 N–H and O–H groups in total. The zero-order chi connectivity index (χ0) is 23.5. The molecule has 3 aromatic carbocycles. The summed E-state index contributed by atoms with van der Waals surface area (Å²) < 4.78 is 7.56. The minimum atomic E-state index is -0.346. The highest BCUT2D eigenvalue weighted by Gasteiger charge is 2.31. The van der Waals surface area contributed by atoms with Gasteiger partial charge in [0.25, 0.3) is 5.24 Å². The number of ether oxygens (including phenoxy) is 1. The monoisotopic (exact) mass is 489 g/mol. The fourth-order valence-corrected chi connectivity index (χ4v) is 5.58. The van der Waals surface area contributed by atoms with Crippen LogP contribution in [0.4, 0.5) is 9.93 Å². The largest absolute Gasteiger partial charge is 0.470 e. The first-order valence-electron chi connectivity index (χ1n) is 11.0. The number of para-hydroxylation sites is 2. The quantitative estimate of drug-likeness (QED) is 0.286. The summed E-state index contributed by atoms with van der Waals surface area (Å²) in [6.07, 6.45) is -0.346. The highest BCUT2D eigenvalue weighted by atomic mass is 32.2. The number of fused-ring (bicyclic) bond motifs is 1. The lowest BCUT2D eigenvalue weighted by Gasteiger charge is -2.30. The Kier molecular flexibility index (Phi) is 6.51. The Morgan fingerprint density at radius 1 is 1.00 bits per heavy atom. The second-order valence-corrected chi connectivity index (χ2v) is 9.87. The molecule has 2 amide bonds. The number of thioether (sulfide) groups is 1. The van der Waals surface area contributed by atoms with Crippen LogP contribution in [-0.4, -0.2) is 33.0 Å². The van der Waals surface area contributed by atoms with E-state index >= 15 is 0 Å². The van der Waals surface area contributed by atoms with Gasteiger partial charge in [0.05, 0.1) is 22.5 Å². The molecule has 0 radical (unpaired) electrons. The fourth-order valence-electron chi connectivity index (χ4n) is 3.82. The van der Waals surface area contributed by atoms with Gasteiger partial charge in [0, 0.05) is 12.1 Å². The van der Waals surface area contributed by atoms with Gasteiger partial charge in [-0.1, -0.05) is 83.8 Å². The van der Waals surface area contributed by atoms with Crippen LogP contribution in [0.1, 0.15) is 18.1 Å². The molecule has 4 aromatic rings. The maximum Gasteiger partial charge on any atom is 0.289 e. The molecule has 8 heteroatoms. The molecule has 0 aliphatic carbocycles. The molecule has 34 heavy (non-hydrogen) atoms. The van der Waals surface area contributed by atoms with Gasteiger partial charge < -0.3 is 9.64 Å². The van der Waals surface area contributed by atoms with Crippen molar-refractivity contribution < 1.29 is 14.3 Å². The van der Waals surface area contributed by atoms with Gasteiger partial charge in [-0.25, -0.2) is 4.98 Å². The Morgan fingerprint density at radius 3 is 2.50 bits per heavy atom. The first-order chi connectivity index (χ1) is 16.6. The predicted octanol–water partition coefficient (Wildman–Crippen LogP) is 5.92. The molecule has 2 heterocycles. The van der Waals surface area contributed by atoms with E-state index in [0.717, 1.165) is 38.2 Å². The van der Waals surface area contributed by atoms with Gasteiger partial charge in [0.2, 0.25) is 5.91 Å². The zero-order valence-corrected chi connectivity index (χ0v) is 20.2. The van der Waals surface area contributed by atoms with Crippen molar-refractivity contribution in [1.29, 1.82) is 0 Å². The van der Waals surface area contributed by atoms with Crippen LogP contribution in [0.2, 0.25) is 0 Å². The van der Waals surface area contributed by atoms with Crippen LogP contribution in [0.3, 0.4) is 0 Å². The van der Waals surface area contributed by atoms with E-state index in [1.165, 1.54) is 4.90 Å². The van der Waals surface area contributed by atoms with Crippen molar-refractivity contribution in [3.8, 4) is 5.75 Å². The van der Waals surface area contributed by atoms with Crippen molar-refractivity contribution in [2.24, 2.45) is 0 Å². The maximum absolute atomic E-state index is 12.1. The first-order valence-corrected chi connectivity index (χ1v) is 12.8. The average molecular weight is 490 g/mol. The molecule has 1 unspecified atom stereocenters. The van der Waals surface area contributed by atoms with E-state index in [2.05, 4.69) is 23.1 Å². The van der Waals surface area contributed by atoms with Crippen LogP contribution in [0.15, 0.2) is 78.9 Å². The number of imide groups is 1. The summed E-state index contributed by atoms with van der Waals surface area (Å²) in [4.78, 5) is 32.5. The summed E-state index contributed by atoms with van der Waals surface area (Å²) in [6, 6.07) is 25.9. The number of hydrogen-bond donors (Lipinski definition) is 0. The predicted molar refractivity (Wildman–Crippen MR) is 137 cm³/mol. The van der Waals surface area contributed by atoms with Crippen molar-refractivity contribution in [3.05, 3.63) is 90.0 Å². The number of amides is 2. The molecule has 1 saturated heterocycles. The molecule has 1 fully saturated rings. The Balaban J connectivity index is 1.43. The second-order valence-electron chi connectivity index (χ2n) is 7.94. The Hall–Kier alpha value is -3.36. The number of aromatic nitrogens is 1. The minimum absolute atomic E-state index is 0.168. The van der Waals surface area contributed by atoms with Crippen molar-refractivity contribution >= 4 is 49.6 Å². The number of benzene rings is 3. The van der Waals surface area contributed by atoms with Gasteiger partial charge >= 0.3 is 0 Å². The number of carbonyl (C=O) groups is 2. The third-order valence-electron chi connectivity index (χ3n) is 5.60. The third kappa shape index (κ3) is 4.78. The molecule has 6 nitrogen and oxygen atoms in total. The summed E-state index contributed by atoms with van der Waals surface area (Å²) in [7, 11) is 0. The molecule has 1 aromatic heterocycles. The molecule has 1 atom stereocenters.